The number of aromatic nitrogens is 2. The van der Waals surface area contributed by atoms with Crippen molar-refractivity contribution in [2.75, 3.05) is 11.5 Å². The molecule has 1 unspecified atom stereocenters. The van der Waals surface area contributed by atoms with E-state index in [4.69, 9.17) is 11.5 Å². The summed E-state index contributed by atoms with van der Waals surface area (Å²) in [5, 5.41) is 2.07. The van der Waals surface area contributed by atoms with Crippen molar-refractivity contribution in [1.82, 2.24) is 9.55 Å². The first kappa shape index (κ1) is 11.8. The molecule has 0 saturated carbocycles. The maximum Gasteiger partial charge on any atom is 0.0954 e. The molecule has 0 aliphatic heterocycles. The second-order valence-corrected chi connectivity index (χ2v) is 5.30. The maximum absolute atomic E-state index is 5.92. The van der Waals surface area contributed by atoms with E-state index < -0.39 is 0 Å². The Bertz CT molecular complexity index is 625. The zero-order valence-corrected chi connectivity index (χ0v) is 11.0. The molecule has 3 rings (SSSR count). The van der Waals surface area contributed by atoms with Crippen LogP contribution in [0.15, 0.2) is 54.4 Å². The predicted octanol–water partition coefficient (Wildman–Crippen LogP) is 2.75. The number of benzene rings is 1. The van der Waals surface area contributed by atoms with Crippen LogP contribution in [0.3, 0.4) is 0 Å². The van der Waals surface area contributed by atoms with E-state index in [2.05, 4.69) is 21.0 Å². The van der Waals surface area contributed by atoms with E-state index in [-0.39, 0.29) is 6.04 Å². The molecule has 4 N–H and O–H groups in total. The van der Waals surface area contributed by atoms with Gasteiger partial charge in [-0.1, -0.05) is 12.1 Å². The van der Waals surface area contributed by atoms with Crippen LogP contribution < -0.4 is 11.5 Å². The Morgan fingerprint density at radius 1 is 1.16 bits per heavy atom. The van der Waals surface area contributed by atoms with E-state index in [0.717, 1.165) is 5.56 Å². The summed E-state index contributed by atoms with van der Waals surface area (Å²) < 4.78 is 2.07. The molecule has 1 atom stereocenters. The average molecular weight is 270 g/mol. The van der Waals surface area contributed by atoms with Crippen LogP contribution in [-0.4, -0.2) is 9.55 Å². The van der Waals surface area contributed by atoms with Crippen LogP contribution in [0.2, 0.25) is 0 Å². The molecule has 0 fully saturated rings. The number of nitrogens with two attached hydrogens (primary N) is 2. The Labute approximate surface area is 115 Å². The third kappa shape index (κ3) is 2.20. The van der Waals surface area contributed by atoms with Crippen LogP contribution in [0.5, 0.6) is 0 Å². The van der Waals surface area contributed by atoms with Gasteiger partial charge in [-0.25, -0.2) is 4.98 Å². The summed E-state index contributed by atoms with van der Waals surface area (Å²) in [5.41, 5.74) is 14.0. The highest BCUT2D eigenvalue weighted by Gasteiger charge is 2.17. The quantitative estimate of drug-likeness (QED) is 0.719. The number of hydrogen-bond donors (Lipinski definition) is 2. The van der Waals surface area contributed by atoms with Gasteiger partial charge in [-0.05, 0) is 29.1 Å². The monoisotopic (exact) mass is 270 g/mol. The lowest BCUT2D eigenvalue weighted by Crippen LogP contribution is -2.10. The molecule has 0 aliphatic rings. The number of anilines is 2. The summed E-state index contributed by atoms with van der Waals surface area (Å²) >= 11 is 1.71. The zero-order valence-electron chi connectivity index (χ0n) is 10.2. The number of nitrogens with zero attached hydrogens (tertiary/aromatic N) is 2. The highest BCUT2D eigenvalue weighted by atomic mass is 32.1. The minimum Gasteiger partial charge on any atom is -0.397 e. The molecule has 19 heavy (non-hydrogen) atoms. The molecule has 3 aromatic rings. The standard InChI is InChI=1S/C14H14N4S/c15-11-4-3-10(8-12(11)16)14(13-2-1-7-19-13)18-6-5-17-9-18/h1-9,14H,15-16H2. The second-order valence-electron chi connectivity index (χ2n) is 4.32. The molecule has 4 nitrogen and oxygen atoms in total. The minimum absolute atomic E-state index is 0.0883. The van der Waals surface area contributed by atoms with Crippen LogP contribution in [0.4, 0.5) is 11.4 Å². The first-order chi connectivity index (χ1) is 9.25. The highest BCUT2D eigenvalue weighted by molar-refractivity contribution is 7.10. The van der Waals surface area contributed by atoms with E-state index in [1.165, 1.54) is 4.88 Å². The van der Waals surface area contributed by atoms with Crippen molar-refractivity contribution in [3.63, 3.8) is 0 Å². The molecular formula is C14H14N4S. The van der Waals surface area contributed by atoms with Crippen molar-refractivity contribution in [2.45, 2.75) is 6.04 Å². The fraction of sp³-hybridized carbons (Fsp3) is 0.0714. The summed E-state index contributed by atoms with van der Waals surface area (Å²) in [6, 6.07) is 10.0. The second kappa shape index (κ2) is 4.78. The Kier molecular flexibility index (Phi) is 2.97. The lowest BCUT2D eigenvalue weighted by Gasteiger charge is -2.18. The van der Waals surface area contributed by atoms with Gasteiger partial charge in [-0.3, -0.25) is 0 Å². The van der Waals surface area contributed by atoms with Gasteiger partial charge in [0.2, 0.25) is 0 Å². The van der Waals surface area contributed by atoms with Gasteiger partial charge in [0.05, 0.1) is 23.7 Å². The predicted molar refractivity (Wildman–Crippen MR) is 79.1 cm³/mol. The lowest BCUT2D eigenvalue weighted by molar-refractivity contribution is 0.688. The van der Waals surface area contributed by atoms with Gasteiger partial charge in [0.1, 0.15) is 0 Å². The molecule has 0 spiro atoms. The van der Waals surface area contributed by atoms with Crippen LogP contribution in [0.1, 0.15) is 16.5 Å². The van der Waals surface area contributed by atoms with Crippen molar-refractivity contribution in [3.05, 3.63) is 64.9 Å². The summed E-state index contributed by atoms with van der Waals surface area (Å²) in [6.45, 7) is 0. The third-order valence-electron chi connectivity index (χ3n) is 3.06. The number of imidazole rings is 1. The zero-order chi connectivity index (χ0) is 13.2. The van der Waals surface area contributed by atoms with Crippen LogP contribution in [-0.2, 0) is 0 Å². The largest absolute Gasteiger partial charge is 0.397 e. The molecule has 0 bridgehead atoms. The molecule has 0 radical (unpaired) electrons. The number of rotatable bonds is 3. The summed E-state index contributed by atoms with van der Waals surface area (Å²) in [4.78, 5) is 5.37. The number of nitrogen functional groups attached to an aromatic ring is 2. The van der Waals surface area contributed by atoms with Crippen molar-refractivity contribution in [3.8, 4) is 0 Å². The fourth-order valence-corrected chi connectivity index (χ4v) is 2.97. The molecule has 0 saturated heterocycles. The van der Waals surface area contributed by atoms with Gasteiger partial charge in [0.15, 0.2) is 0 Å². The minimum atomic E-state index is 0.0883. The third-order valence-corrected chi connectivity index (χ3v) is 3.99. The van der Waals surface area contributed by atoms with E-state index in [0.29, 0.717) is 11.4 Å². The van der Waals surface area contributed by atoms with Gasteiger partial charge in [0.25, 0.3) is 0 Å². The number of thiophene rings is 1. The normalized spacial score (nSPS) is 12.4. The molecule has 0 amide bonds. The first-order valence-corrected chi connectivity index (χ1v) is 6.79. The first-order valence-electron chi connectivity index (χ1n) is 5.91. The molecule has 0 aliphatic carbocycles. The molecule has 2 aromatic heterocycles. The molecule has 2 heterocycles. The number of hydrogen-bond acceptors (Lipinski definition) is 4. The molecule has 5 heteroatoms. The Balaban J connectivity index is 2.12. The Morgan fingerprint density at radius 2 is 2.05 bits per heavy atom. The van der Waals surface area contributed by atoms with E-state index in [1.54, 1.807) is 17.5 Å². The Hall–Kier alpha value is -2.27. The van der Waals surface area contributed by atoms with E-state index >= 15 is 0 Å². The Morgan fingerprint density at radius 3 is 2.68 bits per heavy atom. The molecule has 1 aromatic carbocycles. The van der Waals surface area contributed by atoms with Crippen molar-refractivity contribution >= 4 is 22.7 Å². The van der Waals surface area contributed by atoms with Crippen molar-refractivity contribution < 1.29 is 0 Å². The van der Waals surface area contributed by atoms with Gasteiger partial charge >= 0.3 is 0 Å². The van der Waals surface area contributed by atoms with Gasteiger partial charge in [-0.15, -0.1) is 11.3 Å². The topological polar surface area (TPSA) is 69.9 Å². The SMILES string of the molecule is Nc1ccc(C(c2cccs2)n2ccnc2)cc1N. The highest BCUT2D eigenvalue weighted by Crippen LogP contribution is 2.32. The molecular weight excluding hydrogens is 256 g/mol. The van der Waals surface area contributed by atoms with Gasteiger partial charge in [-0.2, -0.15) is 0 Å². The smallest absolute Gasteiger partial charge is 0.0954 e. The van der Waals surface area contributed by atoms with E-state index in [9.17, 15) is 0 Å². The summed E-state index contributed by atoms with van der Waals surface area (Å²) in [7, 11) is 0. The molecule has 96 valence electrons. The fourth-order valence-electron chi connectivity index (χ4n) is 2.12. The van der Waals surface area contributed by atoms with Crippen LogP contribution in [0.25, 0.3) is 0 Å². The van der Waals surface area contributed by atoms with Crippen LogP contribution >= 0.6 is 11.3 Å². The average Bonchev–Trinajstić information content (AvgIpc) is 3.07. The van der Waals surface area contributed by atoms with Gasteiger partial charge in [0, 0.05) is 17.3 Å². The van der Waals surface area contributed by atoms with Crippen LogP contribution in [0, 0.1) is 0 Å². The van der Waals surface area contributed by atoms with Crippen molar-refractivity contribution in [2.24, 2.45) is 0 Å². The summed E-state index contributed by atoms with van der Waals surface area (Å²) in [6.07, 6.45) is 5.55. The van der Waals surface area contributed by atoms with E-state index in [1.807, 2.05) is 36.8 Å². The summed E-state index contributed by atoms with van der Waals surface area (Å²) in [5.74, 6) is 0. The lowest BCUT2D eigenvalue weighted by atomic mass is 10.0. The maximum atomic E-state index is 5.92. The van der Waals surface area contributed by atoms with Gasteiger partial charge < -0.3 is 16.0 Å². The van der Waals surface area contributed by atoms with Crippen molar-refractivity contribution in [1.29, 1.82) is 0 Å².